The molecule has 8 heteroatoms. The van der Waals surface area contributed by atoms with Crippen molar-refractivity contribution in [2.75, 3.05) is 39.2 Å². The Bertz CT molecular complexity index is 836. The van der Waals surface area contributed by atoms with Gasteiger partial charge in [0.15, 0.2) is 6.61 Å². The third-order valence-electron chi connectivity index (χ3n) is 5.54. The minimum absolute atomic E-state index is 0.337. The van der Waals surface area contributed by atoms with Gasteiger partial charge in [-0.25, -0.2) is 0 Å². The topological polar surface area (TPSA) is 87.2 Å². The lowest BCUT2D eigenvalue weighted by Gasteiger charge is -2.19. The van der Waals surface area contributed by atoms with Gasteiger partial charge in [0, 0.05) is 33.4 Å². The monoisotopic (exact) mass is 413 g/mol. The maximum absolute atomic E-state index is 12.4. The largest absolute Gasteiger partial charge is 0.454 e. The minimum Gasteiger partial charge on any atom is -0.454 e. The fraction of sp³-hybridized carbons (Fsp3) is 0.455. The second kappa shape index (κ2) is 9.11. The van der Waals surface area contributed by atoms with E-state index < -0.39 is 19.1 Å². The summed E-state index contributed by atoms with van der Waals surface area (Å²) in [4.78, 5) is 53.6. The van der Waals surface area contributed by atoms with E-state index in [0.717, 1.165) is 16.2 Å². The SMILES string of the molecule is CN(Cc1ccc(N(C)C)cc1)C(=O)COC(=O)CN1C(=O)[C@H]2CC=CC[C@H]2C1=O. The van der Waals surface area contributed by atoms with E-state index in [2.05, 4.69) is 0 Å². The summed E-state index contributed by atoms with van der Waals surface area (Å²) in [6.07, 6.45) is 4.80. The Morgan fingerprint density at radius 2 is 1.57 bits per heavy atom. The molecule has 0 radical (unpaired) electrons. The second-order valence-electron chi connectivity index (χ2n) is 7.89. The van der Waals surface area contributed by atoms with Gasteiger partial charge < -0.3 is 14.5 Å². The van der Waals surface area contributed by atoms with Gasteiger partial charge in [-0.2, -0.15) is 0 Å². The fourth-order valence-electron chi connectivity index (χ4n) is 3.71. The van der Waals surface area contributed by atoms with Gasteiger partial charge in [0.2, 0.25) is 11.8 Å². The van der Waals surface area contributed by atoms with Crippen LogP contribution in [0, 0.1) is 11.8 Å². The number of likely N-dealkylation sites (tertiary alicyclic amines) is 1. The molecule has 0 bridgehead atoms. The Morgan fingerprint density at radius 1 is 1.00 bits per heavy atom. The predicted octanol–water partition coefficient (Wildman–Crippen LogP) is 1.21. The van der Waals surface area contributed by atoms with Gasteiger partial charge in [0.25, 0.3) is 5.91 Å². The molecule has 2 atom stereocenters. The number of allylic oxidation sites excluding steroid dienone is 2. The molecule has 1 saturated heterocycles. The average molecular weight is 413 g/mol. The normalized spacial score (nSPS) is 20.2. The van der Waals surface area contributed by atoms with Crippen LogP contribution in [0.2, 0.25) is 0 Å². The van der Waals surface area contributed by atoms with Crippen molar-refractivity contribution in [1.29, 1.82) is 0 Å². The highest BCUT2D eigenvalue weighted by molar-refractivity contribution is 6.07. The number of hydrogen-bond acceptors (Lipinski definition) is 6. The number of benzene rings is 1. The molecular weight excluding hydrogens is 386 g/mol. The van der Waals surface area contributed by atoms with Crippen LogP contribution < -0.4 is 4.90 Å². The molecule has 1 aromatic rings. The summed E-state index contributed by atoms with van der Waals surface area (Å²) in [6, 6.07) is 7.80. The van der Waals surface area contributed by atoms with Crippen LogP contribution in [0.1, 0.15) is 18.4 Å². The molecule has 0 spiro atoms. The van der Waals surface area contributed by atoms with Crippen molar-refractivity contribution in [3.63, 3.8) is 0 Å². The van der Waals surface area contributed by atoms with Crippen molar-refractivity contribution in [3.8, 4) is 0 Å². The summed E-state index contributed by atoms with van der Waals surface area (Å²) in [5.74, 6) is -2.58. The van der Waals surface area contributed by atoms with E-state index in [0.29, 0.717) is 19.4 Å². The van der Waals surface area contributed by atoms with Gasteiger partial charge in [-0.05, 0) is 30.5 Å². The molecule has 0 unspecified atom stereocenters. The Morgan fingerprint density at radius 3 is 2.10 bits per heavy atom. The molecule has 2 aliphatic rings. The first-order valence-electron chi connectivity index (χ1n) is 9.94. The lowest BCUT2D eigenvalue weighted by molar-refractivity contribution is -0.156. The van der Waals surface area contributed by atoms with Gasteiger partial charge >= 0.3 is 5.97 Å². The van der Waals surface area contributed by atoms with Crippen molar-refractivity contribution in [1.82, 2.24) is 9.80 Å². The molecule has 8 nitrogen and oxygen atoms in total. The molecule has 30 heavy (non-hydrogen) atoms. The van der Waals surface area contributed by atoms with Crippen LogP contribution in [0.3, 0.4) is 0 Å². The van der Waals surface area contributed by atoms with Gasteiger partial charge in [-0.3, -0.25) is 24.1 Å². The summed E-state index contributed by atoms with van der Waals surface area (Å²) < 4.78 is 5.03. The Hall–Kier alpha value is -3.16. The zero-order chi connectivity index (χ0) is 21.8. The van der Waals surface area contributed by atoms with Crippen molar-refractivity contribution in [2.45, 2.75) is 19.4 Å². The molecule has 1 aliphatic carbocycles. The van der Waals surface area contributed by atoms with Crippen molar-refractivity contribution < 1.29 is 23.9 Å². The summed E-state index contributed by atoms with van der Waals surface area (Å²) >= 11 is 0. The lowest BCUT2D eigenvalue weighted by Crippen LogP contribution is -2.38. The molecule has 3 rings (SSSR count). The number of likely N-dealkylation sites (N-methyl/N-ethyl adjacent to an activating group) is 1. The highest BCUT2D eigenvalue weighted by Crippen LogP contribution is 2.34. The molecule has 0 aromatic heterocycles. The molecule has 1 aromatic carbocycles. The molecule has 1 fully saturated rings. The van der Waals surface area contributed by atoms with E-state index in [4.69, 9.17) is 4.74 Å². The first-order valence-corrected chi connectivity index (χ1v) is 9.94. The number of carbonyl (C=O) groups excluding carboxylic acids is 4. The number of hydrogen-bond donors (Lipinski definition) is 0. The minimum atomic E-state index is -0.764. The predicted molar refractivity (Wildman–Crippen MR) is 110 cm³/mol. The number of imide groups is 1. The van der Waals surface area contributed by atoms with E-state index in [1.165, 1.54) is 4.90 Å². The summed E-state index contributed by atoms with van der Waals surface area (Å²) in [5, 5.41) is 0. The van der Waals surface area contributed by atoms with Crippen molar-refractivity contribution >= 4 is 29.4 Å². The number of anilines is 1. The van der Waals surface area contributed by atoms with Crippen LogP contribution in [0.5, 0.6) is 0 Å². The van der Waals surface area contributed by atoms with Gasteiger partial charge in [0.05, 0.1) is 11.8 Å². The number of rotatable bonds is 7. The molecule has 160 valence electrons. The highest BCUT2D eigenvalue weighted by atomic mass is 16.5. The number of nitrogens with zero attached hydrogens (tertiary/aromatic N) is 3. The number of carbonyl (C=O) groups is 4. The number of fused-ring (bicyclic) bond motifs is 1. The number of ether oxygens (including phenoxy) is 1. The zero-order valence-electron chi connectivity index (χ0n) is 17.5. The molecular formula is C22H27N3O5. The smallest absolute Gasteiger partial charge is 0.326 e. The molecule has 1 heterocycles. The van der Waals surface area contributed by atoms with Gasteiger partial charge in [0.1, 0.15) is 6.54 Å². The highest BCUT2D eigenvalue weighted by Gasteiger charge is 2.47. The standard InChI is InChI=1S/C22H27N3O5/c1-23(2)16-10-8-15(9-11-16)12-24(3)19(26)14-30-20(27)13-25-21(28)17-6-4-5-7-18(17)22(25)29/h4-5,8-11,17-18H,6-7,12-14H2,1-3H3/t17-,18+. The third-order valence-corrected chi connectivity index (χ3v) is 5.54. The van der Waals surface area contributed by atoms with Crippen LogP contribution in [0.25, 0.3) is 0 Å². The molecule has 1 aliphatic heterocycles. The fourth-order valence-corrected chi connectivity index (χ4v) is 3.71. The first kappa shape index (κ1) is 21.5. The second-order valence-corrected chi connectivity index (χ2v) is 7.89. The molecule has 0 N–H and O–H groups in total. The number of amides is 3. The van der Waals surface area contributed by atoms with E-state index in [9.17, 15) is 19.2 Å². The first-order chi connectivity index (χ1) is 14.3. The summed E-state index contributed by atoms with van der Waals surface area (Å²) in [5.41, 5.74) is 2.01. The van der Waals surface area contributed by atoms with Crippen LogP contribution in [0.4, 0.5) is 5.69 Å². The lowest BCUT2D eigenvalue weighted by atomic mass is 9.85. The Balaban J connectivity index is 1.46. The van der Waals surface area contributed by atoms with E-state index in [1.807, 2.05) is 55.4 Å². The maximum atomic E-state index is 12.4. The van der Waals surface area contributed by atoms with Crippen molar-refractivity contribution in [3.05, 3.63) is 42.0 Å². The Labute approximate surface area is 176 Å². The van der Waals surface area contributed by atoms with Crippen LogP contribution >= 0.6 is 0 Å². The van der Waals surface area contributed by atoms with Gasteiger partial charge in [-0.1, -0.05) is 24.3 Å². The van der Waals surface area contributed by atoms with Crippen LogP contribution in [-0.4, -0.2) is 67.8 Å². The van der Waals surface area contributed by atoms with E-state index >= 15 is 0 Å². The van der Waals surface area contributed by atoms with Gasteiger partial charge in [-0.15, -0.1) is 0 Å². The van der Waals surface area contributed by atoms with Crippen molar-refractivity contribution in [2.24, 2.45) is 11.8 Å². The van der Waals surface area contributed by atoms with Crippen LogP contribution in [0.15, 0.2) is 36.4 Å². The molecule has 0 saturated carbocycles. The molecule has 3 amide bonds. The van der Waals surface area contributed by atoms with Crippen LogP contribution in [-0.2, 0) is 30.5 Å². The summed E-state index contributed by atoms with van der Waals surface area (Å²) in [7, 11) is 5.53. The number of esters is 1. The van der Waals surface area contributed by atoms with E-state index in [-0.39, 0.29) is 29.6 Å². The third kappa shape index (κ3) is 4.69. The Kier molecular flexibility index (Phi) is 6.54. The average Bonchev–Trinajstić information content (AvgIpc) is 2.97. The quantitative estimate of drug-likeness (QED) is 0.379. The van der Waals surface area contributed by atoms with E-state index in [1.54, 1.807) is 7.05 Å². The maximum Gasteiger partial charge on any atom is 0.326 e. The summed E-state index contributed by atoms with van der Waals surface area (Å²) in [6.45, 7) is -0.507. The zero-order valence-corrected chi connectivity index (χ0v) is 17.5.